The predicted octanol–water partition coefficient (Wildman–Crippen LogP) is 2.14. The van der Waals surface area contributed by atoms with Crippen LogP contribution in [0.15, 0.2) is 36.5 Å². The first-order valence-corrected chi connectivity index (χ1v) is 2.45. The maximum atomic E-state index is 6.13. The SMILES string of the molecule is CCN=NN=NN=NN=N. The number of hydrogen-bond donors (Lipinski definition) is 1. The van der Waals surface area contributed by atoms with Crippen LogP contribution in [-0.4, -0.2) is 6.54 Å². The first kappa shape index (κ1) is 8.40. The molecule has 0 bridgehead atoms. The average molecular weight is 142 g/mol. The molecule has 0 fully saturated rings. The van der Waals surface area contributed by atoms with E-state index >= 15 is 0 Å². The maximum absolute atomic E-state index is 6.13. The normalized spacial score (nSPS) is 12.1. The topological polar surface area (TPSA) is 110 Å². The van der Waals surface area contributed by atoms with Crippen molar-refractivity contribution in [2.45, 2.75) is 6.92 Å². The largest absolute Gasteiger partial charge is 0.183 e. The second kappa shape index (κ2) is 7.40. The molecule has 54 valence electrons. The minimum absolute atomic E-state index is 0.541. The van der Waals surface area contributed by atoms with Crippen LogP contribution in [-0.2, 0) is 0 Å². The Kier molecular flexibility index (Phi) is 6.22. The van der Waals surface area contributed by atoms with Crippen LogP contribution >= 0.6 is 0 Å². The van der Waals surface area contributed by atoms with E-state index in [-0.39, 0.29) is 0 Å². The molecular formula is C2H6N8. The summed E-state index contributed by atoms with van der Waals surface area (Å²) in [6.07, 6.45) is 0. The second-order valence-electron chi connectivity index (χ2n) is 1.00. The fourth-order valence-corrected chi connectivity index (χ4v) is 0.165. The summed E-state index contributed by atoms with van der Waals surface area (Å²) in [5.41, 5.74) is 6.13. The lowest BCUT2D eigenvalue weighted by molar-refractivity contribution is 0.777. The minimum atomic E-state index is 0.541. The van der Waals surface area contributed by atoms with Gasteiger partial charge in [0.1, 0.15) is 0 Å². The lowest BCUT2D eigenvalue weighted by atomic mass is 10.8. The van der Waals surface area contributed by atoms with Gasteiger partial charge >= 0.3 is 0 Å². The monoisotopic (exact) mass is 142 g/mol. The van der Waals surface area contributed by atoms with E-state index in [1.807, 2.05) is 0 Å². The van der Waals surface area contributed by atoms with Crippen LogP contribution in [0.25, 0.3) is 0 Å². The summed E-state index contributed by atoms with van der Waals surface area (Å²) in [7, 11) is 0. The Labute approximate surface area is 56.6 Å². The third-order valence-corrected chi connectivity index (χ3v) is 0.409. The summed E-state index contributed by atoms with van der Waals surface area (Å²) in [4.78, 5) is 0. The van der Waals surface area contributed by atoms with Crippen LogP contribution in [0.4, 0.5) is 0 Å². The first-order valence-electron chi connectivity index (χ1n) is 2.45. The number of nitrogens with zero attached hydrogens (tertiary/aromatic N) is 7. The van der Waals surface area contributed by atoms with Crippen molar-refractivity contribution in [1.82, 2.24) is 0 Å². The van der Waals surface area contributed by atoms with Gasteiger partial charge in [0.05, 0.1) is 6.54 Å². The van der Waals surface area contributed by atoms with Crippen LogP contribution in [0.5, 0.6) is 0 Å². The standard InChI is InChI=1S/C2H6N8/c1-2-4-6-8-10-9-7-5-3/h3H,2H2,1H3. The first-order chi connectivity index (χ1) is 4.91. The molecule has 0 aliphatic rings. The summed E-state index contributed by atoms with van der Waals surface area (Å²) < 4.78 is 0. The zero-order valence-electron chi connectivity index (χ0n) is 5.34. The molecule has 10 heavy (non-hydrogen) atoms. The molecule has 0 spiro atoms. The Balaban J connectivity index is 3.46. The van der Waals surface area contributed by atoms with Gasteiger partial charge in [-0.1, -0.05) is 0 Å². The van der Waals surface area contributed by atoms with Crippen LogP contribution < -0.4 is 0 Å². The van der Waals surface area contributed by atoms with E-state index in [2.05, 4.69) is 36.5 Å². The van der Waals surface area contributed by atoms with Gasteiger partial charge < -0.3 is 0 Å². The Morgan fingerprint density at radius 2 is 1.60 bits per heavy atom. The van der Waals surface area contributed by atoms with E-state index in [9.17, 15) is 0 Å². The van der Waals surface area contributed by atoms with E-state index in [1.165, 1.54) is 0 Å². The molecule has 0 saturated heterocycles. The van der Waals surface area contributed by atoms with Gasteiger partial charge in [-0.25, -0.2) is 0 Å². The van der Waals surface area contributed by atoms with Crippen LogP contribution in [0.3, 0.4) is 0 Å². The molecule has 0 aromatic heterocycles. The number of nitrogens with one attached hydrogen (secondary N) is 1. The predicted molar refractivity (Wildman–Crippen MR) is 30.3 cm³/mol. The van der Waals surface area contributed by atoms with E-state index in [0.29, 0.717) is 6.54 Å². The molecule has 0 amide bonds. The summed E-state index contributed by atoms with van der Waals surface area (Å²) in [6, 6.07) is 0. The van der Waals surface area contributed by atoms with Crippen LogP contribution in [0.1, 0.15) is 6.92 Å². The van der Waals surface area contributed by atoms with E-state index in [1.54, 1.807) is 6.92 Å². The molecule has 0 aliphatic heterocycles. The Hall–Kier alpha value is -1.60. The molecule has 0 aromatic rings. The van der Waals surface area contributed by atoms with Crippen molar-refractivity contribution < 1.29 is 0 Å². The zero-order valence-corrected chi connectivity index (χ0v) is 5.34. The molecule has 8 heteroatoms. The van der Waals surface area contributed by atoms with E-state index in [4.69, 9.17) is 5.53 Å². The van der Waals surface area contributed by atoms with Crippen molar-refractivity contribution in [2.75, 3.05) is 6.54 Å². The lowest BCUT2D eigenvalue weighted by Gasteiger charge is -1.70. The highest BCUT2D eigenvalue weighted by Crippen LogP contribution is 1.82. The fraction of sp³-hybridized carbons (Fsp3) is 1.00. The third kappa shape index (κ3) is 6.40. The number of hydrogen-bond acceptors (Lipinski definition) is 2. The van der Waals surface area contributed by atoms with Crippen molar-refractivity contribution in [2.24, 2.45) is 36.5 Å². The van der Waals surface area contributed by atoms with Gasteiger partial charge in [-0.05, 0) is 38.3 Å². The quantitative estimate of drug-likeness (QED) is 0.458. The molecule has 0 atom stereocenters. The molecule has 0 unspecified atom stereocenters. The number of rotatable bonds is 4. The molecule has 1 N–H and O–H groups in total. The van der Waals surface area contributed by atoms with E-state index < -0.39 is 0 Å². The Morgan fingerprint density at radius 1 is 1.00 bits per heavy atom. The third-order valence-electron chi connectivity index (χ3n) is 0.409. The van der Waals surface area contributed by atoms with Crippen molar-refractivity contribution >= 4 is 0 Å². The molecule has 0 radical (unpaired) electrons. The van der Waals surface area contributed by atoms with Crippen molar-refractivity contribution in [1.29, 1.82) is 5.53 Å². The highest BCUT2D eigenvalue weighted by Gasteiger charge is 1.65. The Morgan fingerprint density at radius 3 is 2.20 bits per heavy atom. The molecule has 0 saturated carbocycles. The molecule has 0 heterocycles. The van der Waals surface area contributed by atoms with Crippen molar-refractivity contribution in [3.05, 3.63) is 0 Å². The van der Waals surface area contributed by atoms with Crippen molar-refractivity contribution in [3.8, 4) is 0 Å². The van der Waals surface area contributed by atoms with Gasteiger partial charge in [0.25, 0.3) is 0 Å². The van der Waals surface area contributed by atoms with Crippen molar-refractivity contribution in [3.63, 3.8) is 0 Å². The molecule has 0 aromatic carbocycles. The van der Waals surface area contributed by atoms with Gasteiger partial charge in [-0.15, -0.1) is 0 Å². The summed E-state index contributed by atoms with van der Waals surface area (Å²) >= 11 is 0. The fourth-order valence-electron chi connectivity index (χ4n) is 0.165. The van der Waals surface area contributed by atoms with Gasteiger partial charge in [0.15, 0.2) is 0 Å². The highest BCUT2D eigenvalue weighted by atomic mass is 15.6. The summed E-state index contributed by atoms with van der Waals surface area (Å²) in [6.45, 7) is 2.35. The Bertz CT molecular complexity index is 155. The van der Waals surface area contributed by atoms with Crippen LogP contribution in [0.2, 0.25) is 0 Å². The molecule has 8 nitrogen and oxygen atoms in total. The molecule has 0 rings (SSSR count). The minimum Gasteiger partial charge on any atom is -0.183 e. The van der Waals surface area contributed by atoms with Gasteiger partial charge in [-0.3, -0.25) is 0 Å². The summed E-state index contributed by atoms with van der Waals surface area (Å²) in [5, 5.41) is 21.0. The smallest absolute Gasteiger partial charge is 0.0593 e. The maximum Gasteiger partial charge on any atom is 0.0593 e. The van der Waals surface area contributed by atoms with Gasteiger partial charge in [0, 0.05) is 0 Å². The van der Waals surface area contributed by atoms with Gasteiger partial charge in [0.2, 0.25) is 0 Å². The average Bonchev–Trinajstić information content (AvgIpc) is 1.97. The lowest BCUT2D eigenvalue weighted by Crippen LogP contribution is -1.58. The van der Waals surface area contributed by atoms with Gasteiger partial charge in [-0.2, -0.15) is 10.6 Å². The molecular weight excluding hydrogens is 136 g/mol. The molecule has 0 aliphatic carbocycles. The zero-order chi connectivity index (χ0) is 7.66. The van der Waals surface area contributed by atoms with E-state index in [0.717, 1.165) is 0 Å². The highest BCUT2D eigenvalue weighted by molar-refractivity contribution is 4.18. The summed E-state index contributed by atoms with van der Waals surface area (Å²) in [5.74, 6) is 0. The second-order valence-corrected chi connectivity index (χ2v) is 1.00. The van der Waals surface area contributed by atoms with Crippen LogP contribution in [0, 0.1) is 5.53 Å².